The van der Waals surface area contributed by atoms with Crippen molar-refractivity contribution in [2.75, 3.05) is 7.11 Å². The van der Waals surface area contributed by atoms with E-state index in [1.165, 1.54) is 19.6 Å². The lowest BCUT2D eigenvalue weighted by Crippen LogP contribution is -2.38. The van der Waals surface area contributed by atoms with E-state index in [1.807, 2.05) is 4.68 Å². The summed E-state index contributed by atoms with van der Waals surface area (Å²) >= 11 is 0. The molecule has 0 spiro atoms. The van der Waals surface area contributed by atoms with Crippen molar-refractivity contribution in [3.05, 3.63) is 36.3 Å². The van der Waals surface area contributed by atoms with Gasteiger partial charge in [0.25, 0.3) is 5.91 Å². The summed E-state index contributed by atoms with van der Waals surface area (Å²) in [6.45, 7) is 0. The Labute approximate surface area is 132 Å². The second kappa shape index (κ2) is 6.72. The van der Waals surface area contributed by atoms with Gasteiger partial charge in [-0.25, -0.2) is 19.0 Å². The highest BCUT2D eigenvalue weighted by atomic mass is 19.1. The summed E-state index contributed by atoms with van der Waals surface area (Å²) in [4.78, 5) is 19.9. The van der Waals surface area contributed by atoms with Crippen LogP contribution in [0.25, 0.3) is 0 Å². The van der Waals surface area contributed by atoms with Gasteiger partial charge in [0.05, 0.1) is 18.7 Å². The first-order chi connectivity index (χ1) is 11.2. The molecule has 0 unspecified atom stereocenters. The lowest BCUT2D eigenvalue weighted by atomic mass is 9.91. The Hall–Kier alpha value is -2.51. The van der Waals surface area contributed by atoms with E-state index in [1.54, 1.807) is 6.33 Å². The highest BCUT2D eigenvalue weighted by molar-refractivity contribution is 5.94. The molecule has 2 aromatic rings. The van der Waals surface area contributed by atoms with Gasteiger partial charge in [0.2, 0.25) is 5.88 Å². The summed E-state index contributed by atoms with van der Waals surface area (Å²) in [7, 11) is 1.33. The Balaban J connectivity index is 1.56. The normalized spacial score (nSPS) is 21.0. The predicted molar refractivity (Wildman–Crippen MR) is 79.5 cm³/mol. The first kappa shape index (κ1) is 15.4. The molecule has 8 heteroatoms. The molecule has 1 aliphatic rings. The number of rotatable bonds is 4. The molecule has 2 heterocycles. The minimum atomic E-state index is -0.643. The molecule has 2 aromatic heterocycles. The van der Waals surface area contributed by atoms with Crippen LogP contribution in [0, 0.1) is 5.82 Å². The lowest BCUT2D eigenvalue weighted by molar-refractivity contribution is 0.0920. The van der Waals surface area contributed by atoms with Crippen molar-refractivity contribution in [3.63, 3.8) is 0 Å². The fourth-order valence-electron chi connectivity index (χ4n) is 2.86. The number of pyridine rings is 1. The molecule has 0 aliphatic heterocycles. The van der Waals surface area contributed by atoms with E-state index in [-0.39, 0.29) is 23.4 Å². The maximum Gasteiger partial charge on any atom is 0.253 e. The van der Waals surface area contributed by atoms with Gasteiger partial charge in [-0.05, 0) is 31.7 Å². The Morgan fingerprint density at radius 1 is 1.39 bits per heavy atom. The summed E-state index contributed by atoms with van der Waals surface area (Å²) in [5.41, 5.74) is 0.196. The van der Waals surface area contributed by atoms with Gasteiger partial charge in [0.15, 0.2) is 5.82 Å². The molecular formula is C15H18FN5O2. The molecule has 0 radical (unpaired) electrons. The number of ether oxygens (including phenoxy) is 1. The highest BCUT2D eigenvalue weighted by Gasteiger charge is 2.24. The van der Waals surface area contributed by atoms with Crippen LogP contribution in [0.5, 0.6) is 5.88 Å². The highest BCUT2D eigenvalue weighted by Crippen LogP contribution is 2.27. The number of carbonyl (C=O) groups is 1. The molecule has 1 aliphatic carbocycles. The maximum absolute atomic E-state index is 13.6. The first-order valence-corrected chi connectivity index (χ1v) is 7.52. The van der Waals surface area contributed by atoms with Crippen molar-refractivity contribution in [1.82, 2.24) is 25.1 Å². The number of methoxy groups -OCH3 is 1. The summed E-state index contributed by atoms with van der Waals surface area (Å²) in [6.07, 6.45) is 8.10. The first-order valence-electron chi connectivity index (χ1n) is 7.52. The fraction of sp³-hybridized carbons (Fsp3) is 0.467. The molecule has 0 aromatic carbocycles. The molecule has 7 nitrogen and oxygen atoms in total. The van der Waals surface area contributed by atoms with Crippen molar-refractivity contribution in [2.24, 2.45) is 0 Å². The van der Waals surface area contributed by atoms with Crippen LogP contribution in [0.2, 0.25) is 0 Å². The van der Waals surface area contributed by atoms with Crippen LogP contribution in [-0.2, 0) is 0 Å². The van der Waals surface area contributed by atoms with Gasteiger partial charge in [-0.3, -0.25) is 4.79 Å². The Kier molecular flexibility index (Phi) is 4.50. The third-order valence-electron chi connectivity index (χ3n) is 4.11. The predicted octanol–water partition coefficient (Wildman–Crippen LogP) is 1.73. The van der Waals surface area contributed by atoms with Crippen LogP contribution in [0.4, 0.5) is 4.39 Å². The molecule has 1 fully saturated rings. The second-order valence-corrected chi connectivity index (χ2v) is 5.57. The lowest BCUT2D eigenvalue weighted by Gasteiger charge is -2.29. The number of aromatic nitrogens is 4. The molecule has 0 bridgehead atoms. The fourth-order valence-corrected chi connectivity index (χ4v) is 2.86. The van der Waals surface area contributed by atoms with Gasteiger partial charge in [-0.1, -0.05) is 0 Å². The second-order valence-electron chi connectivity index (χ2n) is 5.57. The third-order valence-corrected chi connectivity index (χ3v) is 4.11. The van der Waals surface area contributed by atoms with Crippen LogP contribution in [0.1, 0.15) is 42.1 Å². The number of carbonyl (C=O) groups excluding carboxylic acids is 1. The van der Waals surface area contributed by atoms with E-state index >= 15 is 0 Å². The molecule has 1 N–H and O–H groups in total. The summed E-state index contributed by atoms with van der Waals surface area (Å²) in [5.74, 6) is -1.08. The van der Waals surface area contributed by atoms with E-state index in [2.05, 4.69) is 20.4 Å². The number of amides is 1. The van der Waals surface area contributed by atoms with Crippen molar-refractivity contribution in [2.45, 2.75) is 37.8 Å². The van der Waals surface area contributed by atoms with Crippen molar-refractivity contribution in [1.29, 1.82) is 0 Å². The number of hydrogen-bond acceptors (Lipinski definition) is 5. The number of nitrogens with zero attached hydrogens (tertiary/aromatic N) is 4. The maximum atomic E-state index is 13.6. The van der Waals surface area contributed by atoms with E-state index < -0.39 is 5.82 Å². The van der Waals surface area contributed by atoms with Crippen molar-refractivity contribution >= 4 is 5.91 Å². The van der Waals surface area contributed by atoms with Gasteiger partial charge >= 0.3 is 0 Å². The molecule has 23 heavy (non-hydrogen) atoms. The summed E-state index contributed by atoms with van der Waals surface area (Å²) < 4.78 is 20.2. The average molecular weight is 319 g/mol. The molecule has 1 saturated carbocycles. The van der Waals surface area contributed by atoms with Crippen molar-refractivity contribution in [3.8, 4) is 5.88 Å². The Bertz CT molecular complexity index is 669. The monoisotopic (exact) mass is 319 g/mol. The topological polar surface area (TPSA) is 81.9 Å². The van der Waals surface area contributed by atoms with E-state index in [0.717, 1.165) is 31.7 Å². The van der Waals surface area contributed by atoms with Crippen LogP contribution >= 0.6 is 0 Å². The molecule has 1 amide bonds. The molecule has 3 rings (SSSR count). The van der Waals surface area contributed by atoms with E-state index in [9.17, 15) is 9.18 Å². The van der Waals surface area contributed by atoms with Gasteiger partial charge in [0.1, 0.15) is 12.7 Å². The standard InChI is InChI=1S/C15H18FN5O2/c1-23-15-13(16)6-10(7-18-15)14(22)20-11-2-4-12(5-3-11)21-9-17-8-19-21/h6-9,11-12H,2-5H2,1H3,(H,20,22). The zero-order chi connectivity index (χ0) is 16.2. The molecule has 122 valence electrons. The Morgan fingerprint density at radius 2 is 2.17 bits per heavy atom. The minimum Gasteiger partial charge on any atom is -0.479 e. The Morgan fingerprint density at radius 3 is 2.78 bits per heavy atom. The third kappa shape index (κ3) is 3.46. The largest absolute Gasteiger partial charge is 0.479 e. The number of nitrogens with one attached hydrogen (secondary N) is 1. The van der Waals surface area contributed by atoms with Gasteiger partial charge in [0, 0.05) is 12.2 Å². The molecule has 0 saturated heterocycles. The average Bonchev–Trinajstić information content (AvgIpc) is 3.10. The zero-order valence-electron chi connectivity index (χ0n) is 12.8. The number of hydrogen-bond donors (Lipinski definition) is 1. The van der Waals surface area contributed by atoms with E-state index in [0.29, 0.717) is 6.04 Å². The van der Waals surface area contributed by atoms with Crippen LogP contribution in [-0.4, -0.2) is 38.8 Å². The molecular weight excluding hydrogens is 301 g/mol. The van der Waals surface area contributed by atoms with Crippen LogP contribution in [0.15, 0.2) is 24.9 Å². The van der Waals surface area contributed by atoms with Crippen LogP contribution < -0.4 is 10.1 Å². The smallest absolute Gasteiger partial charge is 0.253 e. The quantitative estimate of drug-likeness (QED) is 0.928. The van der Waals surface area contributed by atoms with E-state index in [4.69, 9.17) is 4.74 Å². The van der Waals surface area contributed by atoms with Gasteiger partial charge < -0.3 is 10.1 Å². The minimum absolute atomic E-state index is 0.0763. The van der Waals surface area contributed by atoms with Crippen molar-refractivity contribution < 1.29 is 13.9 Å². The SMILES string of the molecule is COc1ncc(C(=O)NC2CCC(n3cncn3)CC2)cc1F. The van der Waals surface area contributed by atoms with Gasteiger partial charge in [-0.2, -0.15) is 5.10 Å². The summed E-state index contributed by atoms with van der Waals surface area (Å²) in [5, 5.41) is 7.09. The zero-order valence-corrected chi connectivity index (χ0v) is 12.8. The molecule has 0 atom stereocenters. The van der Waals surface area contributed by atoms with Gasteiger partial charge in [-0.15, -0.1) is 0 Å². The van der Waals surface area contributed by atoms with Crippen LogP contribution in [0.3, 0.4) is 0 Å². The number of halogens is 1. The summed E-state index contributed by atoms with van der Waals surface area (Å²) in [6, 6.07) is 1.54.